The molecular formula is C16H20Cl2N4O2. The fraction of sp³-hybridized carbons (Fsp3) is 0.625. The third-order valence-corrected chi connectivity index (χ3v) is 6.95. The Morgan fingerprint density at radius 1 is 1.12 bits per heavy atom. The molecule has 2 aliphatic rings. The monoisotopic (exact) mass is 370 g/mol. The molecule has 2 bridgehead atoms. The molecule has 0 aliphatic heterocycles. The van der Waals surface area contributed by atoms with E-state index >= 15 is 0 Å². The second-order valence-corrected chi connectivity index (χ2v) is 8.11. The number of halogens is 2. The van der Waals surface area contributed by atoms with Gasteiger partial charge in [0.15, 0.2) is 0 Å². The third-order valence-electron chi connectivity index (χ3n) is 6.00. The van der Waals surface area contributed by atoms with E-state index in [0.29, 0.717) is 33.9 Å². The molecule has 2 fully saturated rings. The maximum Gasteiger partial charge on any atom is 0.268 e. The number of rotatable bonds is 3. The average molecular weight is 371 g/mol. The van der Waals surface area contributed by atoms with Gasteiger partial charge in [0, 0.05) is 12.0 Å². The second kappa shape index (κ2) is 5.30. The normalized spacial score (nSPS) is 28.8. The van der Waals surface area contributed by atoms with E-state index in [9.17, 15) is 9.59 Å². The summed E-state index contributed by atoms with van der Waals surface area (Å²) in [7, 11) is 0. The maximum absolute atomic E-state index is 12.0. The van der Waals surface area contributed by atoms with Gasteiger partial charge in [0.05, 0.1) is 17.2 Å². The lowest BCUT2D eigenvalue weighted by Crippen LogP contribution is -2.34. The van der Waals surface area contributed by atoms with Crippen molar-refractivity contribution in [2.24, 2.45) is 11.3 Å². The molecule has 0 radical (unpaired) electrons. The molecule has 0 spiro atoms. The standard InChI is InChI=1S/C16H20Cl2N4O2/c1-8-12(17)21(19-14(8)23)7-16-4-3-10(6-16)5-11(16)22-13(18)9(2)15(24)20-22/h10-11H,3-7H2,1-2H3,(H,19,23)(H,20,24). The first-order valence-corrected chi connectivity index (χ1v) is 8.99. The highest BCUT2D eigenvalue weighted by Gasteiger charge is 2.54. The molecule has 3 atom stereocenters. The van der Waals surface area contributed by atoms with Crippen molar-refractivity contribution >= 4 is 23.2 Å². The van der Waals surface area contributed by atoms with Crippen LogP contribution in [0.3, 0.4) is 0 Å². The van der Waals surface area contributed by atoms with Crippen LogP contribution in [-0.2, 0) is 6.54 Å². The minimum absolute atomic E-state index is 0.0548. The van der Waals surface area contributed by atoms with Crippen LogP contribution < -0.4 is 11.1 Å². The van der Waals surface area contributed by atoms with E-state index in [0.717, 1.165) is 19.3 Å². The van der Waals surface area contributed by atoms with Gasteiger partial charge in [-0.15, -0.1) is 0 Å². The van der Waals surface area contributed by atoms with Crippen LogP contribution in [0.1, 0.15) is 42.9 Å². The predicted octanol–water partition coefficient (Wildman–Crippen LogP) is 3.02. The van der Waals surface area contributed by atoms with E-state index in [1.54, 1.807) is 18.5 Å². The van der Waals surface area contributed by atoms with E-state index < -0.39 is 0 Å². The van der Waals surface area contributed by atoms with Crippen molar-refractivity contribution in [1.82, 2.24) is 19.6 Å². The van der Waals surface area contributed by atoms with Crippen molar-refractivity contribution in [3.05, 3.63) is 42.1 Å². The van der Waals surface area contributed by atoms with E-state index in [-0.39, 0.29) is 22.6 Å². The van der Waals surface area contributed by atoms with Gasteiger partial charge in [-0.05, 0) is 45.4 Å². The van der Waals surface area contributed by atoms with Crippen LogP contribution in [0.5, 0.6) is 0 Å². The Balaban J connectivity index is 1.76. The molecule has 6 nitrogen and oxygen atoms in total. The quantitative estimate of drug-likeness (QED) is 0.870. The van der Waals surface area contributed by atoms with Gasteiger partial charge in [-0.3, -0.25) is 29.2 Å². The molecule has 2 aliphatic carbocycles. The number of nitrogens with zero attached hydrogens (tertiary/aromatic N) is 2. The highest BCUT2D eigenvalue weighted by Crippen LogP contribution is 2.60. The van der Waals surface area contributed by atoms with Gasteiger partial charge in [-0.25, -0.2) is 0 Å². The summed E-state index contributed by atoms with van der Waals surface area (Å²) in [6.45, 7) is 4.09. The summed E-state index contributed by atoms with van der Waals surface area (Å²) >= 11 is 12.7. The smallest absolute Gasteiger partial charge is 0.268 e. The summed E-state index contributed by atoms with van der Waals surface area (Å²) < 4.78 is 3.59. The molecule has 24 heavy (non-hydrogen) atoms. The van der Waals surface area contributed by atoms with Crippen LogP contribution in [0.15, 0.2) is 9.59 Å². The SMILES string of the molecule is Cc1c(Cl)n(CC23CCC(CC2n2[nH]c(=O)c(C)c2Cl)C3)[nH]c1=O. The van der Waals surface area contributed by atoms with Crippen molar-refractivity contribution in [2.45, 2.75) is 52.1 Å². The van der Waals surface area contributed by atoms with Crippen molar-refractivity contribution in [3.63, 3.8) is 0 Å². The van der Waals surface area contributed by atoms with Crippen LogP contribution in [0.4, 0.5) is 0 Å². The Hall–Kier alpha value is -1.40. The molecule has 3 unspecified atom stereocenters. The zero-order chi connectivity index (χ0) is 17.2. The minimum atomic E-state index is -0.149. The Bertz CT molecular complexity index is 922. The lowest BCUT2D eigenvalue weighted by atomic mass is 9.79. The maximum atomic E-state index is 12.0. The van der Waals surface area contributed by atoms with Gasteiger partial charge in [0.1, 0.15) is 10.3 Å². The van der Waals surface area contributed by atoms with Crippen LogP contribution in [0.2, 0.25) is 10.3 Å². The first kappa shape index (κ1) is 16.1. The molecule has 0 saturated heterocycles. The first-order chi connectivity index (χ1) is 11.3. The summed E-state index contributed by atoms with van der Waals surface area (Å²) in [6, 6.07) is 0.118. The number of H-pyrrole nitrogens is 2. The average Bonchev–Trinajstić information content (AvgIpc) is 3.24. The largest absolute Gasteiger partial charge is 0.273 e. The number of hydrogen-bond acceptors (Lipinski definition) is 2. The van der Waals surface area contributed by atoms with Crippen LogP contribution in [0, 0.1) is 25.2 Å². The highest BCUT2D eigenvalue weighted by molar-refractivity contribution is 6.30. The van der Waals surface area contributed by atoms with Crippen molar-refractivity contribution < 1.29 is 0 Å². The Morgan fingerprint density at radius 3 is 2.33 bits per heavy atom. The Kier molecular flexibility index (Phi) is 3.55. The molecule has 8 heteroatoms. The molecule has 2 heterocycles. The summed E-state index contributed by atoms with van der Waals surface area (Å²) in [4.78, 5) is 23.8. The van der Waals surface area contributed by atoms with E-state index in [4.69, 9.17) is 23.2 Å². The summed E-state index contributed by atoms with van der Waals surface area (Å²) in [5.41, 5.74) is 0.754. The van der Waals surface area contributed by atoms with Gasteiger partial charge in [0.25, 0.3) is 11.1 Å². The van der Waals surface area contributed by atoms with E-state index in [1.807, 2.05) is 4.68 Å². The Labute approximate surface area is 148 Å². The topological polar surface area (TPSA) is 75.6 Å². The first-order valence-electron chi connectivity index (χ1n) is 8.24. The molecule has 4 rings (SSSR count). The molecule has 2 aromatic rings. The van der Waals surface area contributed by atoms with Crippen molar-refractivity contribution in [3.8, 4) is 0 Å². The fourth-order valence-electron chi connectivity index (χ4n) is 4.68. The summed E-state index contributed by atoms with van der Waals surface area (Å²) in [5.74, 6) is 0.624. The molecular weight excluding hydrogens is 351 g/mol. The number of fused-ring (bicyclic) bond motifs is 2. The van der Waals surface area contributed by atoms with Gasteiger partial charge >= 0.3 is 0 Å². The third kappa shape index (κ3) is 2.15. The van der Waals surface area contributed by atoms with Crippen LogP contribution in [0.25, 0.3) is 0 Å². The molecule has 2 N–H and O–H groups in total. The number of aromatic nitrogens is 4. The lowest BCUT2D eigenvalue weighted by Gasteiger charge is -2.36. The predicted molar refractivity (Wildman–Crippen MR) is 93.0 cm³/mol. The molecule has 0 aromatic carbocycles. The van der Waals surface area contributed by atoms with Crippen molar-refractivity contribution in [1.29, 1.82) is 0 Å². The van der Waals surface area contributed by atoms with Crippen LogP contribution >= 0.6 is 23.2 Å². The van der Waals surface area contributed by atoms with Crippen LogP contribution in [-0.4, -0.2) is 19.6 Å². The fourth-order valence-corrected chi connectivity index (χ4v) is 5.11. The zero-order valence-corrected chi connectivity index (χ0v) is 15.2. The molecule has 0 amide bonds. The number of aromatic amines is 2. The highest BCUT2D eigenvalue weighted by atomic mass is 35.5. The lowest BCUT2D eigenvalue weighted by molar-refractivity contribution is 0.141. The summed E-state index contributed by atoms with van der Waals surface area (Å²) in [6.07, 6.45) is 4.25. The zero-order valence-electron chi connectivity index (χ0n) is 13.7. The van der Waals surface area contributed by atoms with Gasteiger partial charge in [-0.1, -0.05) is 23.2 Å². The van der Waals surface area contributed by atoms with Crippen molar-refractivity contribution in [2.75, 3.05) is 0 Å². The second-order valence-electron chi connectivity index (χ2n) is 7.39. The molecule has 2 aromatic heterocycles. The van der Waals surface area contributed by atoms with E-state index in [1.165, 1.54) is 6.42 Å². The Morgan fingerprint density at radius 2 is 1.79 bits per heavy atom. The summed E-state index contributed by atoms with van der Waals surface area (Å²) in [5, 5.41) is 6.68. The van der Waals surface area contributed by atoms with Gasteiger partial charge in [-0.2, -0.15) is 0 Å². The van der Waals surface area contributed by atoms with Gasteiger partial charge < -0.3 is 0 Å². The van der Waals surface area contributed by atoms with E-state index in [2.05, 4.69) is 10.2 Å². The molecule has 130 valence electrons. The van der Waals surface area contributed by atoms with Gasteiger partial charge in [0.2, 0.25) is 0 Å². The number of nitrogens with one attached hydrogen (secondary N) is 2. The minimum Gasteiger partial charge on any atom is -0.273 e. The number of hydrogen-bond donors (Lipinski definition) is 2. The molecule has 2 saturated carbocycles.